The summed E-state index contributed by atoms with van der Waals surface area (Å²) in [6.07, 6.45) is 81.6. The van der Waals surface area contributed by atoms with E-state index in [0.29, 0.717) is 12.8 Å². The molecule has 0 radical (unpaired) electrons. The van der Waals surface area contributed by atoms with Crippen LogP contribution < -0.4 is 0 Å². The Morgan fingerprint density at radius 3 is 0.909 bits per heavy atom. The summed E-state index contributed by atoms with van der Waals surface area (Å²) in [6.45, 7) is 3.90. The van der Waals surface area contributed by atoms with Gasteiger partial charge >= 0.3 is 11.9 Å². The van der Waals surface area contributed by atoms with Gasteiger partial charge in [-0.2, -0.15) is 0 Å². The minimum absolute atomic E-state index is 0.0820. The molecule has 0 heterocycles. The van der Waals surface area contributed by atoms with Gasteiger partial charge in [-0.15, -0.1) is 0 Å². The van der Waals surface area contributed by atoms with Crippen LogP contribution in [0.3, 0.4) is 0 Å². The van der Waals surface area contributed by atoms with Gasteiger partial charge in [0.05, 0.1) is 6.61 Å². The van der Waals surface area contributed by atoms with Crippen LogP contribution in [0.2, 0.25) is 0 Å². The number of esters is 2. The highest BCUT2D eigenvalue weighted by atomic mass is 16.6. The van der Waals surface area contributed by atoms with E-state index in [0.717, 1.165) is 122 Å². The van der Waals surface area contributed by atoms with Crippen LogP contribution in [0.4, 0.5) is 0 Å². The fourth-order valence-corrected chi connectivity index (χ4v) is 7.26. The second-order valence-electron chi connectivity index (χ2n) is 17.5. The Morgan fingerprint density at radius 1 is 0.348 bits per heavy atom. The van der Waals surface area contributed by atoms with Crippen LogP contribution in [-0.2, 0) is 19.1 Å². The van der Waals surface area contributed by atoms with Crippen molar-refractivity contribution in [1.29, 1.82) is 0 Å². The number of aliphatic hydroxyl groups excluding tert-OH is 1. The van der Waals surface area contributed by atoms with Crippen molar-refractivity contribution in [2.75, 3.05) is 13.2 Å². The summed E-state index contributed by atoms with van der Waals surface area (Å²) >= 11 is 0. The van der Waals surface area contributed by atoms with Crippen molar-refractivity contribution < 1.29 is 24.2 Å². The zero-order valence-electron chi connectivity index (χ0n) is 42.7. The van der Waals surface area contributed by atoms with E-state index >= 15 is 0 Å². The summed E-state index contributed by atoms with van der Waals surface area (Å²) in [5, 5.41) is 9.64. The van der Waals surface area contributed by atoms with Crippen LogP contribution in [0.15, 0.2) is 122 Å². The molecule has 0 bridgehead atoms. The van der Waals surface area contributed by atoms with Crippen LogP contribution in [0.5, 0.6) is 0 Å². The number of ether oxygens (including phenoxy) is 2. The molecule has 0 spiro atoms. The van der Waals surface area contributed by atoms with Crippen LogP contribution in [0, 0.1) is 0 Å². The first-order valence-electron chi connectivity index (χ1n) is 27.1. The molecule has 0 aliphatic rings. The fraction of sp³-hybridized carbons (Fsp3) is 0.639. The van der Waals surface area contributed by atoms with Crippen LogP contribution in [0.1, 0.15) is 232 Å². The van der Waals surface area contributed by atoms with E-state index in [1.54, 1.807) is 0 Å². The van der Waals surface area contributed by atoms with Gasteiger partial charge in [-0.05, 0) is 103 Å². The minimum Gasteiger partial charge on any atom is -0.462 e. The summed E-state index contributed by atoms with van der Waals surface area (Å²) in [4.78, 5) is 24.5. The zero-order chi connectivity index (χ0) is 47.7. The van der Waals surface area contributed by atoms with Crippen molar-refractivity contribution in [3.05, 3.63) is 122 Å². The molecule has 1 atom stereocenters. The van der Waals surface area contributed by atoms with E-state index in [4.69, 9.17) is 9.47 Å². The van der Waals surface area contributed by atoms with Crippen molar-refractivity contribution in [2.45, 2.75) is 238 Å². The molecule has 0 saturated carbocycles. The number of rotatable bonds is 48. The number of unbranched alkanes of at least 4 members (excludes halogenated alkanes) is 20. The summed E-state index contributed by atoms with van der Waals surface area (Å²) in [5.74, 6) is -0.616. The molecule has 5 nitrogen and oxygen atoms in total. The Bertz CT molecular complexity index is 1350. The molecule has 1 N–H and O–H groups in total. The molecule has 0 aliphatic carbocycles. The van der Waals surface area contributed by atoms with Crippen molar-refractivity contribution in [2.24, 2.45) is 0 Å². The monoisotopic (exact) mass is 913 g/mol. The summed E-state index contributed by atoms with van der Waals surface area (Å²) < 4.78 is 10.7. The normalized spacial score (nSPS) is 13.2. The highest BCUT2D eigenvalue weighted by Gasteiger charge is 2.16. The van der Waals surface area contributed by atoms with E-state index in [1.807, 2.05) is 0 Å². The molecular formula is C61H100O5. The maximum atomic E-state index is 12.3. The van der Waals surface area contributed by atoms with Gasteiger partial charge in [-0.3, -0.25) is 9.59 Å². The molecule has 0 aromatic rings. The Labute approximate surface area is 407 Å². The number of hydrogen-bond acceptors (Lipinski definition) is 5. The Balaban J connectivity index is 3.55. The number of allylic oxidation sites excluding steroid dienone is 20. The largest absolute Gasteiger partial charge is 0.462 e. The van der Waals surface area contributed by atoms with Gasteiger partial charge in [0.2, 0.25) is 0 Å². The zero-order valence-corrected chi connectivity index (χ0v) is 42.7. The summed E-state index contributed by atoms with van der Waals surface area (Å²) in [6, 6.07) is 0. The summed E-state index contributed by atoms with van der Waals surface area (Å²) in [7, 11) is 0. The lowest BCUT2D eigenvalue weighted by atomic mass is 10.0. The van der Waals surface area contributed by atoms with Crippen LogP contribution in [0.25, 0.3) is 0 Å². The second-order valence-corrected chi connectivity index (χ2v) is 17.5. The molecule has 0 aliphatic heterocycles. The predicted octanol–water partition coefficient (Wildman–Crippen LogP) is 18.3. The first-order chi connectivity index (χ1) is 32.6. The molecule has 0 amide bonds. The lowest BCUT2D eigenvalue weighted by Crippen LogP contribution is -2.28. The van der Waals surface area contributed by atoms with Gasteiger partial charge in [0.1, 0.15) is 6.61 Å². The molecule has 0 aromatic carbocycles. The Hall–Kier alpha value is -3.70. The van der Waals surface area contributed by atoms with Gasteiger partial charge < -0.3 is 14.6 Å². The van der Waals surface area contributed by atoms with Crippen molar-refractivity contribution >= 4 is 11.9 Å². The smallest absolute Gasteiger partial charge is 0.306 e. The maximum absolute atomic E-state index is 12.3. The maximum Gasteiger partial charge on any atom is 0.306 e. The van der Waals surface area contributed by atoms with E-state index in [2.05, 4.69) is 135 Å². The average Bonchev–Trinajstić information content (AvgIpc) is 3.32. The molecule has 0 saturated heterocycles. The Morgan fingerprint density at radius 2 is 0.606 bits per heavy atom. The fourth-order valence-electron chi connectivity index (χ4n) is 7.26. The number of hydrogen-bond donors (Lipinski definition) is 1. The van der Waals surface area contributed by atoms with E-state index in [1.165, 1.54) is 83.5 Å². The van der Waals surface area contributed by atoms with Gasteiger partial charge in [-0.1, -0.05) is 238 Å². The number of aliphatic hydroxyl groups is 1. The molecule has 1 unspecified atom stereocenters. The van der Waals surface area contributed by atoms with E-state index in [-0.39, 0.29) is 25.2 Å². The predicted molar refractivity (Wildman–Crippen MR) is 288 cm³/mol. The lowest BCUT2D eigenvalue weighted by molar-refractivity contribution is -0.161. The lowest BCUT2D eigenvalue weighted by Gasteiger charge is -2.15. The average molecular weight is 913 g/mol. The standard InChI is InChI=1S/C61H100O5/c1-3-5-7-9-11-13-15-17-19-21-23-25-26-27-28-29-30-31-32-33-34-36-38-40-42-44-46-48-50-52-54-56-61(64)66-59(57-62)58-65-60(63)55-53-51-49-47-45-43-41-39-37-35-24-22-20-18-16-14-12-10-8-6-4-2/h5-8,11-14,17-20,23-25,27-28,35,39,41,59,62H,3-4,9-10,15-16,21-22,26,29-34,36-38,40,42-58H2,1-2H3/b7-5-,8-6-,13-11-,14-12-,19-17-,20-18-,25-23-,28-27-,35-24-,41-39-. The highest BCUT2D eigenvalue weighted by molar-refractivity contribution is 5.70. The minimum atomic E-state index is -0.789. The van der Waals surface area contributed by atoms with Gasteiger partial charge in [-0.25, -0.2) is 0 Å². The van der Waals surface area contributed by atoms with Crippen molar-refractivity contribution in [3.63, 3.8) is 0 Å². The Kier molecular flexibility index (Phi) is 52.5. The van der Waals surface area contributed by atoms with Gasteiger partial charge in [0.15, 0.2) is 6.10 Å². The highest BCUT2D eigenvalue weighted by Crippen LogP contribution is 2.15. The van der Waals surface area contributed by atoms with E-state index < -0.39 is 6.10 Å². The third-order valence-corrected chi connectivity index (χ3v) is 11.3. The van der Waals surface area contributed by atoms with Gasteiger partial charge in [0, 0.05) is 12.8 Å². The van der Waals surface area contributed by atoms with Crippen molar-refractivity contribution in [3.8, 4) is 0 Å². The van der Waals surface area contributed by atoms with E-state index in [9.17, 15) is 14.7 Å². The molecular weight excluding hydrogens is 813 g/mol. The first-order valence-corrected chi connectivity index (χ1v) is 27.1. The second kappa shape index (κ2) is 55.6. The first kappa shape index (κ1) is 62.3. The SMILES string of the molecule is CC/C=C\C/C=C\C/C=C\C/C=C\C/C=C\CCCCCCCCCCCCCCCCCC(=O)OC(CO)COC(=O)CCCCCCC/C=C\C/C=C\C/C=C\C/C=C\C/C=C\CC. The third kappa shape index (κ3) is 52.9. The number of carbonyl (C=O) groups is 2. The topological polar surface area (TPSA) is 72.8 Å². The molecule has 0 rings (SSSR count). The molecule has 66 heavy (non-hydrogen) atoms. The van der Waals surface area contributed by atoms with Gasteiger partial charge in [0.25, 0.3) is 0 Å². The molecule has 374 valence electrons. The van der Waals surface area contributed by atoms with Crippen LogP contribution in [-0.4, -0.2) is 36.4 Å². The third-order valence-electron chi connectivity index (χ3n) is 11.3. The quantitative estimate of drug-likeness (QED) is 0.0374. The van der Waals surface area contributed by atoms with Crippen molar-refractivity contribution in [1.82, 2.24) is 0 Å². The van der Waals surface area contributed by atoms with Crippen LogP contribution >= 0.6 is 0 Å². The molecule has 5 heteroatoms. The molecule has 0 fully saturated rings. The number of carbonyl (C=O) groups excluding carboxylic acids is 2. The summed E-state index contributed by atoms with van der Waals surface area (Å²) in [5.41, 5.74) is 0. The molecule has 0 aromatic heterocycles.